The van der Waals surface area contributed by atoms with E-state index in [4.69, 9.17) is 23.2 Å². The van der Waals surface area contributed by atoms with Gasteiger partial charge in [0.25, 0.3) is 5.91 Å². The van der Waals surface area contributed by atoms with E-state index in [1.165, 1.54) is 0 Å². The highest BCUT2D eigenvalue weighted by atomic mass is 35.5. The van der Waals surface area contributed by atoms with Crippen molar-refractivity contribution in [2.24, 2.45) is 0 Å². The van der Waals surface area contributed by atoms with Gasteiger partial charge in [0, 0.05) is 27.4 Å². The van der Waals surface area contributed by atoms with Crippen LogP contribution in [-0.4, -0.2) is 15.7 Å². The van der Waals surface area contributed by atoms with Gasteiger partial charge in [0.2, 0.25) is 0 Å². The second-order valence-electron chi connectivity index (χ2n) is 7.35. The fourth-order valence-corrected chi connectivity index (χ4v) is 3.81. The maximum Gasteiger partial charge on any atom is 0.257 e. The summed E-state index contributed by atoms with van der Waals surface area (Å²) in [5, 5.41) is 8.66. The van der Waals surface area contributed by atoms with Crippen LogP contribution < -0.4 is 5.32 Å². The van der Waals surface area contributed by atoms with E-state index in [1.807, 2.05) is 85.8 Å². The lowest BCUT2D eigenvalue weighted by Gasteiger charge is -2.09. The average molecular weight is 462 g/mol. The molecule has 1 heterocycles. The maximum absolute atomic E-state index is 13.2. The lowest BCUT2D eigenvalue weighted by molar-refractivity contribution is -0.111. The summed E-state index contributed by atoms with van der Waals surface area (Å²) in [4.78, 5) is 13.2. The van der Waals surface area contributed by atoms with E-state index >= 15 is 0 Å². The van der Waals surface area contributed by atoms with Crippen molar-refractivity contribution in [1.82, 2.24) is 9.78 Å². The molecule has 0 spiro atoms. The summed E-state index contributed by atoms with van der Waals surface area (Å²) in [6.45, 7) is 2.41. The van der Waals surface area contributed by atoms with Crippen molar-refractivity contribution < 1.29 is 4.79 Å². The molecule has 3 aromatic carbocycles. The van der Waals surface area contributed by atoms with Crippen LogP contribution in [0.3, 0.4) is 0 Å². The number of rotatable bonds is 6. The third kappa shape index (κ3) is 5.28. The quantitative estimate of drug-likeness (QED) is 0.255. The fraction of sp³-hybridized carbons (Fsp3) is 0.0769. The molecule has 6 heteroatoms. The molecule has 32 heavy (non-hydrogen) atoms. The van der Waals surface area contributed by atoms with E-state index in [0.29, 0.717) is 28.0 Å². The topological polar surface area (TPSA) is 46.9 Å². The van der Waals surface area contributed by atoms with Crippen LogP contribution in [0.4, 0.5) is 5.82 Å². The van der Waals surface area contributed by atoms with Crippen LogP contribution in [0, 0.1) is 6.92 Å². The molecule has 160 valence electrons. The first-order chi connectivity index (χ1) is 15.5. The van der Waals surface area contributed by atoms with E-state index in [-0.39, 0.29) is 5.91 Å². The highest BCUT2D eigenvalue weighted by Gasteiger charge is 2.15. The fourth-order valence-electron chi connectivity index (χ4n) is 3.34. The summed E-state index contributed by atoms with van der Waals surface area (Å²) < 4.78 is 1.80. The molecule has 1 amide bonds. The highest BCUT2D eigenvalue weighted by Crippen LogP contribution is 2.24. The van der Waals surface area contributed by atoms with Gasteiger partial charge in [-0.3, -0.25) is 9.48 Å². The number of halogens is 2. The van der Waals surface area contributed by atoms with Crippen LogP contribution in [0.15, 0.2) is 84.9 Å². The summed E-state index contributed by atoms with van der Waals surface area (Å²) in [7, 11) is 0. The Bertz CT molecular complexity index is 1260. The molecule has 1 N–H and O–H groups in total. The van der Waals surface area contributed by atoms with Crippen molar-refractivity contribution in [2.45, 2.75) is 13.5 Å². The second-order valence-corrected chi connectivity index (χ2v) is 8.20. The molecule has 0 saturated carbocycles. The van der Waals surface area contributed by atoms with Crippen molar-refractivity contribution in [1.29, 1.82) is 0 Å². The van der Waals surface area contributed by atoms with Crippen LogP contribution in [0.2, 0.25) is 10.0 Å². The number of aryl methyl sites for hydroxylation is 1. The number of hydrogen-bond donors (Lipinski definition) is 1. The van der Waals surface area contributed by atoms with Gasteiger partial charge >= 0.3 is 0 Å². The number of amides is 1. The van der Waals surface area contributed by atoms with Crippen molar-refractivity contribution in [3.63, 3.8) is 0 Å². The van der Waals surface area contributed by atoms with Gasteiger partial charge in [-0.15, -0.1) is 0 Å². The minimum absolute atomic E-state index is 0.228. The van der Waals surface area contributed by atoms with Crippen LogP contribution in [0.5, 0.6) is 0 Å². The zero-order valence-corrected chi connectivity index (χ0v) is 18.9. The van der Waals surface area contributed by atoms with Crippen molar-refractivity contribution in [3.05, 3.63) is 117 Å². The van der Waals surface area contributed by atoms with Gasteiger partial charge in [-0.1, -0.05) is 89.9 Å². The smallest absolute Gasteiger partial charge is 0.257 e. The summed E-state index contributed by atoms with van der Waals surface area (Å²) in [5.41, 5.74) is 4.14. The molecule has 0 aliphatic heterocycles. The first-order valence-electron chi connectivity index (χ1n) is 10.1. The third-order valence-corrected chi connectivity index (χ3v) is 5.58. The van der Waals surface area contributed by atoms with Crippen LogP contribution in [0.25, 0.3) is 11.6 Å². The first kappa shape index (κ1) is 21.9. The molecule has 4 aromatic rings. The number of hydrogen-bond acceptors (Lipinski definition) is 2. The zero-order chi connectivity index (χ0) is 22.5. The first-order valence-corrected chi connectivity index (χ1v) is 10.9. The number of aromatic nitrogens is 2. The minimum atomic E-state index is -0.228. The molecule has 0 unspecified atom stereocenters. The Morgan fingerprint density at radius 2 is 1.66 bits per heavy atom. The number of nitrogens with one attached hydrogen (secondary N) is 1. The molecule has 0 saturated heterocycles. The lowest BCUT2D eigenvalue weighted by atomic mass is 10.0. The van der Waals surface area contributed by atoms with Gasteiger partial charge in [-0.05, 0) is 41.8 Å². The summed E-state index contributed by atoms with van der Waals surface area (Å²) in [5.74, 6) is 0.252. The minimum Gasteiger partial charge on any atom is -0.305 e. The number of carbonyl (C=O) groups excluding carboxylic acids is 1. The zero-order valence-electron chi connectivity index (χ0n) is 17.4. The molecule has 0 aliphatic carbocycles. The maximum atomic E-state index is 13.2. The Hall–Kier alpha value is -3.34. The summed E-state index contributed by atoms with van der Waals surface area (Å²) in [6.07, 6.45) is 1.88. The van der Waals surface area contributed by atoms with Gasteiger partial charge in [0.1, 0.15) is 0 Å². The van der Waals surface area contributed by atoms with Gasteiger partial charge in [0.05, 0.1) is 6.54 Å². The van der Waals surface area contributed by atoms with Crippen LogP contribution in [-0.2, 0) is 11.3 Å². The monoisotopic (exact) mass is 461 g/mol. The van der Waals surface area contributed by atoms with E-state index in [9.17, 15) is 4.79 Å². The van der Waals surface area contributed by atoms with E-state index < -0.39 is 0 Å². The van der Waals surface area contributed by atoms with Crippen molar-refractivity contribution in [3.8, 4) is 0 Å². The normalized spacial score (nSPS) is 11.4. The Labute approximate surface area is 197 Å². The molecule has 0 fully saturated rings. The molecular weight excluding hydrogens is 441 g/mol. The summed E-state index contributed by atoms with van der Waals surface area (Å²) in [6, 6.07) is 26.6. The number of nitrogens with zero attached hydrogens (tertiary/aromatic N) is 2. The van der Waals surface area contributed by atoms with Gasteiger partial charge in [-0.2, -0.15) is 5.10 Å². The van der Waals surface area contributed by atoms with Gasteiger partial charge in [0.15, 0.2) is 5.82 Å². The molecule has 0 bridgehead atoms. The van der Waals surface area contributed by atoms with Crippen LogP contribution in [0.1, 0.15) is 22.4 Å². The van der Waals surface area contributed by atoms with Crippen molar-refractivity contribution >= 4 is 46.6 Å². The SMILES string of the molecule is Cc1cc(NC(=O)/C(=C\c2ccccc2)c2ccccc2)nn1Cc1ccc(Cl)cc1Cl. The van der Waals surface area contributed by atoms with E-state index in [0.717, 1.165) is 22.4 Å². The Balaban J connectivity index is 1.59. The predicted molar refractivity (Wildman–Crippen MR) is 132 cm³/mol. The number of anilines is 1. The second kappa shape index (κ2) is 9.86. The predicted octanol–water partition coefficient (Wildman–Crippen LogP) is 6.73. The molecule has 0 aliphatic rings. The molecule has 1 aromatic heterocycles. The van der Waals surface area contributed by atoms with Crippen molar-refractivity contribution in [2.75, 3.05) is 5.32 Å². The number of carbonyl (C=O) groups is 1. The molecule has 4 rings (SSSR count). The lowest BCUT2D eigenvalue weighted by Crippen LogP contribution is -2.14. The third-order valence-electron chi connectivity index (χ3n) is 5.00. The molecule has 0 radical (unpaired) electrons. The number of benzene rings is 3. The molecular formula is C26H21Cl2N3O. The van der Waals surface area contributed by atoms with E-state index in [2.05, 4.69) is 10.4 Å². The molecule has 4 nitrogen and oxygen atoms in total. The summed E-state index contributed by atoms with van der Waals surface area (Å²) >= 11 is 12.3. The average Bonchev–Trinajstić information content (AvgIpc) is 3.13. The molecule has 0 atom stereocenters. The van der Waals surface area contributed by atoms with Gasteiger partial charge in [-0.25, -0.2) is 0 Å². The van der Waals surface area contributed by atoms with E-state index in [1.54, 1.807) is 16.8 Å². The largest absolute Gasteiger partial charge is 0.305 e. The Kier molecular flexibility index (Phi) is 6.74. The highest BCUT2D eigenvalue weighted by molar-refractivity contribution is 6.35. The Morgan fingerprint density at radius 3 is 2.34 bits per heavy atom. The Morgan fingerprint density at radius 1 is 0.969 bits per heavy atom. The van der Waals surface area contributed by atoms with Gasteiger partial charge < -0.3 is 5.32 Å². The van der Waals surface area contributed by atoms with Crippen LogP contribution >= 0.6 is 23.2 Å². The standard InChI is InChI=1S/C26H21Cl2N3O/c1-18-14-25(30-31(18)17-21-12-13-22(27)16-24(21)28)29-26(32)23(20-10-6-3-7-11-20)15-19-8-4-2-5-9-19/h2-16H,17H2,1H3,(H,29,30,32)/b23-15-.